The van der Waals surface area contributed by atoms with Crippen molar-refractivity contribution in [3.63, 3.8) is 0 Å². The number of benzene rings is 1. The van der Waals surface area contributed by atoms with E-state index < -0.39 is 11.7 Å². The molecule has 1 N–H and O–H groups in total. The maximum absolute atomic E-state index is 12.6. The van der Waals surface area contributed by atoms with Gasteiger partial charge in [0.05, 0.1) is 12.0 Å². The van der Waals surface area contributed by atoms with Gasteiger partial charge in [-0.1, -0.05) is 11.6 Å². The van der Waals surface area contributed by atoms with Gasteiger partial charge in [-0.2, -0.15) is 0 Å². The van der Waals surface area contributed by atoms with Crippen LogP contribution in [0.4, 0.5) is 5.82 Å². The smallest absolute Gasteiger partial charge is 0.170 e. The molecular weight excluding hydrogens is 354 g/mol. The minimum Gasteiger partial charge on any atom is -0.486 e. The number of aromatic nitrogens is 2. The fourth-order valence-corrected chi connectivity index (χ4v) is 3.80. The van der Waals surface area contributed by atoms with Gasteiger partial charge >= 0.3 is 0 Å². The Kier molecular flexibility index (Phi) is 4.32. The minimum absolute atomic E-state index is 0.0839. The number of anilines is 1. The van der Waals surface area contributed by atoms with Crippen LogP contribution >= 0.6 is 11.6 Å². The topological polar surface area (TPSA) is 75.6 Å². The number of carbonyl (C=O) groups is 1. The summed E-state index contributed by atoms with van der Waals surface area (Å²) < 4.78 is 6.25. The second-order valence-electron chi connectivity index (χ2n) is 6.96. The van der Waals surface area contributed by atoms with Crippen molar-refractivity contribution in [1.29, 1.82) is 0 Å². The van der Waals surface area contributed by atoms with Crippen LogP contribution in [-0.4, -0.2) is 39.5 Å². The molecule has 0 bridgehead atoms. The largest absolute Gasteiger partial charge is 0.486 e. The summed E-state index contributed by atoms with van der Waals surface area (Å²) in [5.41, 5.74) is 0.108. The number of nitrogens with zero attached hydrogens (tertiary/aromatic N) is 3. The van der Waals surface area contributed by atoms with E-state index >= 15 is 0 Å². The van der Waals surface area contributed by atoms with Crippen LogP contribution in [0.2, 0.25) is 5.02 Å². The maximum Gasteiger partial charge on any atom is 0.170 e. The van der Waals surface area contributed by atoms with Crippen molar-refractivity contribution in [3.8, 4) is 5.75 Å². The average Bonchev–Trinajstić information content (AvgIpc) is 2.63. The number of halogens is 1. The molecule has 6 nitrogen and oxygen atoms in total. The highest BCUT2D eigenvalue weighted by Crippen LogP contribution is 2.40. The molecule has 1 fully saturated rings. The van der Waals surface area contributed by atoms with Gasteiger partial charge in [0.2, 0.25) is 0 Å². The lowest BCUT2D eigenvalue weighted by atomic mass is 9.82. The van der Waals surface area contributed by atoms with E-state index in [9.17, 15) is 9.90 Å². The summed E-state index contributed by atoms with van der Waals surface area (Å²) >= 11 is 6.00. The first kappa shape index (κ1) is 17.2. The van der Waals surface area contributed by atoms with Crippen molar-refractivity contribution in [2.45, 2.75) is 37.9 Å². The van der Waals surface area contributed by atoms with Gasteiger partial charge < -0.3 is 14.7 Å². The summed E-state index contributed by atoms with van der Waals surface area (Å²) in [6.07, 6.45) is 2.80. The normalized spacial score (nSPS) is 19.8. The molecule has 1 atom stereocenters. The number of Topliss-reactive ketones (excluding diaryl/α,β-unsaturated/α-hetero) is 1. The molecule has 1 aromatic carbocycles. The third-order valence-corrected chi connectivity index (χ3v) is 5.32. The third kappa shape index (κ3) is 3.15. The van der Waals surface area contributed by atoms with E-state index in [1.54, 1.807) is 31.3 Å². The fraction of sp³-hybridized carbons (Fsp3) is 0.421. The zero-order valence-electron chi connectivity index (χ0n) is 14.5. The summed E-state index contributed by atoms with van der Waals surface area (Å²) in [5.74, 6) is 1.91. The van der Waals surface area contributed by atoms with Crippen molar-refractivity contribution < 1.29 is 14.6 Å². The molecule has 0 aliphatic carbocycles. The van der Waals surface area contributed by atoms with Gasteiger partial charge in [-0.15, -0.1) is 0 Å². The molecule has 1 unspecified atom stereocenters. The number of carbonyl (C=O) groups excluding carboxylic acids is 1. The van der Waals surface area contributed by atoms with Crippen LogP contribution in [0.25, 0.3) is 0 Å². The number of hydrogen-bond donors (Lipinski definition) is 1. The average molecular weight is 374 g/mol. The molecule has 2 aromatic rings. The molecule has 4 rings (SSSR count). The summed E-state index contributed by atoms with van der Waals surface area (Å²) in [4.78, 5) is 23.2. The van der Waals surface area contributed by atoms with E-state index in [4.69, 9.17) is 16.3 Å². The Balaban J connectivity index is 1.51. The van der Waals surface area contributed by atoms with Gasteiger partial charge in [0.15, 0.2) is 11.6 Å². The van der Waals surface area contributed by atoms with Crippen molar-refractivity contribution in [3.05, 3.63) is 46.9 Å². The van der Waals surface area contributed by atoms with Crippen LogP contribution in [0.1, 0.15) is 48.5 Å². The predicted molar refractivity (Wildman–Crippen MR) is 97.9 cm³/mol. The number of aliphatic hydroxyl groups excluding tert-OH is 1. The van der Waals surface area contributed by atoms with E-state index in [2.05, 4.69) is 14.9 Å². The minimum atomic E-state index is -0.700. The Labute approximate surface area is 156 Å². The van der Waals surface area contributed by atoms with Gasteiger partial charge in [0.1, 0.15) is 23.3 Å². The molecule has 7 heteroatoms. The summed E-state index contributed by atoms with van der Waals surface area (Å²) in [6, 6.07) is 7.05. The fourth-order valence-electron chi connectivity index (χ4n) is 3.63. The first-order chi connectivity index (χ1) is 12.5. The Morgan fingerprint density at radius 1 is 1.31 bits per heavy atom. The zero-order valence-corrected chi connectivity index (χ0v) is 15.2. The summed E-state index contributed by atoms with van der Waals surface area (Å²) in [6.45, 7) is 3.11. The van der Waals surface area contributed by atoms with Crippen LogP contribution in [0.15, 0.2) is 30.5 Å². The second-order valence-corrected chi connectivity index (χ2v) is 7.40. The molecule has 0 saturated carbocycles. The molecule has 1 saturated heterocycles. The van der Waals surface area contributed by atoms with Crippen molar-refractivity contribution >= 4 is 23.2 Å². The lowest BCUT2D eigenvalue weighted by Gasteiger charge is -2.44. The quantitative estimate of drug-likeness (QED) is 0.871. The molecule has 136 valence electrons. The molecule has 2 aliphatic heterocycles. The van der Waals surface area contributed by atoms with Gasteiger partial charge in [-0.25, -0.2) is 9.97 Å². The third-order valence-electron chi connectivity index (χ3n) is 5.08. The highest BCUT2D eigenvalue weighted by molar-refractivity contribution is 6.31. The van der Waals surface area contributed by atoms with E-state index in [-0.39, 0.29) is 5.78 Å². The summed E-state index contributed by atoms with van der Waals surface area (Å²) in [7, 11) is 0. The first-order valence-corrected chi connectivity index (χ1v) is 9.11. The van der Waals surface area contributed by atoms with Crippen molar-refractivity contribution in [1.82, 2.24) is 9.97 Å². The second kappa shape index (κ2) is 6.52. The zero-order chi connectivity index (χ0) is 18.3. The SMILES string of the molecule is CC(O)c1nccc(N2CCC3(CC2)CC(=O)c2cc(Cl)ccc2O3)n1. The van der Waals surface area contributed by atoms with Crippen molar-refractivity contribution in [2.24, 2.45) is 0 Å². The highest BCUT2D eigenvalue weighted by atomic mass is 35.5. The van der Waals surface area contributed by atoms with Crippen LogP contribution in [-0.2, 0) is 0 Å². The number of hydrogen-bond acceptors (Lipinski definition) is 6. The molecule has 0 radical (unpaired) electrons. The number of piperidine rings is 1. The molecule has 1 spiro atoms. The van der Waals surface area contributed by atoms with E-state index in [0.29, 0.717) is 28.6 Å². The van der Waals surface area contributed by atoms with Crippen molar-refractivity contribution in [2.75, 3.05) is 18.0 Å². The summed E-state index contributed by atoms with van der Waals surface area (Å²) in [5, 5.41) is 10.2. The lowest BCUT2D eigenvalue weighted by Crippen LogP contribution is -2.51. The number of fused-ring (bicyclic) bond motifs is 1. The van der Waals surface area contributed by atoms with Crippen LogP contribution in [0.3, 0.4) is 0 Å². The van der Waals surface area contributed by atoms with Crippen LogP contribution < -0.4 is 9.64 Å². The molecule has 2 aliphatic rings. The standard InChI is InChI=1S/C19H20ClN3O3/c1-12(24)18-21-7-4-17(22-18)23-8-5-19(6-9-23)11-15(25)14-10-13(20)2-3-16(14)26-19/h2-4,7,10,12,24H,5-6,8-9,11H2,1H3. The molecule has 0 amide bonds. The van der Waals surface area contributed by atoms with E-state index in [0.717, 1.165) is 31.7 Å². The van der Waals surface area contributed by atoms with Gasteiger partial charge in [-0.3, -0.25) is 4.79 Å². The molecule has 1 aromatic heterocycles. The predicted octanol–water partition coefficient (Wildman–Crippen LogP) is 3.19. The Morgan fingerprint density at radius 3 is 2.81 bits per heavy atom. The Bertz CT molecular complexity index is 848. The van der Waals surface area contributed by atoms with Crippen LogP contribution in [0.5, 0.6) is 5.75 Å². The van der Waals surface area contributed by atoms with E-state index in [1.165, 1.54) is 0 Å². The maximum atomic E-state index is 12.6. The van der Waals surface area contributed by atoms with Crippen LogP contribution in [0, 0.1) is 0 Å². The number of rotatable bonds is 2. The molecule has 3 heterocycles. The first-order valence-electron chi connectivity index (χ1n) is 8.73. The molecular formula is C19H20ClN3O3. The monoisotopic (exact) mass is 373 g/mol. The molecule has 26 heavy (non-hydrogen) atoms. The van der Waals surface area contributed by atoms with E-state index in [1.807, 2.05) is 6.07 Å². The Morgan fingerprint density at radius 2 is 2.08 bits per heavy atom. The van der Waals surface area contributed by atoms with Gasteiger partial charge in [-0.05, 0) is 31.2 Å². The lowest BCUT2D eigenvalue weighted by molar-refractivity contribution is 0.0231. The number of ether oxygens (including phenoxy) is 1. The Hall–Kier alpha value is -2.18. The van der Waals surface area contributed by atoms with Gasteiger partial charge in [0.25, 0.3) is 0 Å². The number of ketones is 1. The number of aliphatic hydroxyl groups is 1. The highest BCUT2D eigenvalue weighted by Gasteiger charge is 2.43. The van der Waals surface area contributed by atoms with Gasteiger partial charge in [0, 0.05) is 37.2 Å².